The molecule has 0 spiro atoms. The van der Waals surface area contributed by atoms with Crippen molar-refractivity contribution in [1.82, 2.24) is 9.88 Å². The largest absolute Gasteiger partial charge is 0.378 e. The van der Waals surface area contributed by atoms with Gasteiger partial charge in [-0.05, 0) is 6.07 Å². The van der Waals surface area contributed by atoms with Gasteiger partial charge >= 0.3 is 0 Å². The number of halogens is 2. The van der Waals surface area contributed by atoms with Crippen LogP contribution >= 0.6 is 11.6 Å². The summed E-state index contributed by atoms with van der Waals surface area (Å²) in [6.45, 7) is 1.05. The van der Waals surface area contributed by atoms with E-state index in [-0.39, 0.29) is 22.7 Å². The number of ether oxygens (including phenoxy) is 1. The number of likely N-dealkylation sites (tertiary alicyclic amines) is 1. The van der Waals surface area contributed by atoms with Crippen LogP contribution in [-0.4, -0.2) is 42.1 Å². The van der Waals surface area contributed by atoms with E-state index in [1.165, 1.54) is 6.20 Å². The molecule has 0 aromatic carbocycles. The van der Waals surface area contributed by atoms with E-state index < -0.39 is 5.82 Å². The van der Waals surface area contributed by atoms with Crippen molar-refractivity contribution >= 4 is 17.5 Å². The van der Waals surface area contributed by atoms with E-state index in [2.05, 4.69) is 4.98 Å². The number of methoxy groups -OCH3 is 1. The molecule has 0 bridgehead atoms. The van der Waals surface area contributed by atoms with Crippen LogP contribution in [0.1, 0.15) is 10.4 Å². The van der Waals surface area contributed by atoms with Crippen molar-refractivity contribution in [2.45, 2.75) is 6.10 Å². The molecule has 0 N–H and O–H groups in total. The van der Waals surface area contributed by atoms with Crippen molar-refractivity contribution in [1.29, 1.82) is 0 Å². The van der Waals surface area contributed by atoms with Gasteiger partial charge in [0.1, 0.15) is 0 Å². The number of amides is 1. The quantitative estimate of drug-likeness (QED) is 0.738. The standard InChI is InChI=1S/C10H10ClFN2O2/c1-16-7-4-14(5-7)10(15)6-2-8(12)9(11)13-3-6/h2-3,7H,4-5H2,1H3. The predicted octanol–water partition coefficient (Wildman–Crippen LogP) is 1.34. The van der Waals surface area contributed by atoms with Crippen molar-refractivity contribution in [3.8, 4) is 0 Å². The maximum Gasteiger partial charge on any atom is 0.255 e. The average molecular weight is 245 g/mol. The number of carbonyl (C=O) groups excluding carboxylic acids is 1. The lowest BCUT2D eigenvalue weighted by Crippen LogP contribution is -2.54. The van der Waals surface area contributed by atoms with Crippen LogP contribution in [0, 0.1) is 5.82 Å². The number of aromatic nitrogens is 1. The molecule has 1 amide bonds. The normalized spacial score (nSPS) is 16.1. The fraction of sp³-hybridized carbons (Fsp3) is 0.400. The number of nitrogens with zero attached hydrogens (tertiary/aromatic N) is 2. The minimum atomic E-state index is -0.684. The Hall–Kier alpha value is -1.20. The summed E-state index contributed by atoms with van der Waals surface area (Å²) in [6, 6.07) is 1.10. The van der Waals surface area contributed by atoms with Gasteiger partial charge in [-0.3, -0.25) is 4.79 Å². The van der Waals surface area contributed by atoms with Crippen LogP contribution in [0.25, 0.3) is 0 Å². The zero-order valence-electron chi connectivity index (χ0n) is 8.61. The molecule has 0 unspecified atom stereocenters. The molecular formula is C10H10ClFN2O2. The van der Waals surface area contributed by atoms with Gasteiger partial charge in [-0.15, -0.1) is 0 Å². The molecule has 0 aliphatic carbocycles. The molecule has 4 nitrogen and oxygen atoms in total. The molecule has 0 atom stereocenters. The number of carbonyl (C=O) groups is 1. The summed E-state index contributed by atoms with van der Waals surface area (Å²) in [7, 11) is 1.59. The summed E-state index contributed by atoms with van der Waals surface area (Å²) >= 11 is 5.43. The number of pyridine rings is 1. The van der Waals surface area contributed by atoms with Gasteiger partial charge in [-0.1, -0.05) is 11.6 Å². The second kappa shape index (κ2) is 4.35. The van der Waals surface area contributed by atoms with Gasteiger partial charge in [0, 0.05) is 26.4 Å². The van der Waals surface area contributed by atoms with E-state index in [1.54, 1.807) is 12.0 Å². The summed E-state index contributed by atoms with van der Waals surface area (Å²) < 4.78 is 18.1. The van der Waals surface area contributed by atoms with Crippen molar-refractivity contribution < 1.29 is 13.9 Å². The van der Waals surface area contributed by atoms with Gasteiger partial charge in [-0.2, -0.15) is 0 Å². The van der Waals surface area contributed by atoms with Crippen LogP contribution in [0.2, 0.25) is 5.15 Å². The smallest absolute Gasteiger partial charge is 0.255 e. The molecule has 1 aliphatic heterocycles. The summed E-state index contributed by atoms with van der Waals surface area (Å²) in [5.41, 5.74) is 0.205. The highest BCUT2D eigenvalue weighted by Gasteiger charge is 2.31. The van der Waals surface area contributed by atoms with Crippen LogP contribution in [0.5, 0.6) is 0 Å². The maximum atomic E-state index is 13.1. The van der Waals surface area contributed by atoms with Crippen molar-refractivity contribution in [3.05, 3.63) is 28.8 Å². The monoisotopic (exact) mass is 244 g/mol. The van der Waals surface area contributed by atoms with Gasteiger partial charge in [0.25, 0.3) is 5.91 Å². The van der Waals surface area contributed by atoms with Crippen LogP contribution in [-0.2, 0) is 4.74 Å². The number of hydrogen-bond acceptors (Lipinski definition) is 3. The van der Waals surface area contributed by atoms with Crippen LogP contribution in [0.15, 0.2) is 12.3 Å². The molecular weight excluding hydrogens is 235 g/mol. The Labute approximate surface area is 97.0 Å². The Morgan fingerprint density at radius 3 is 2.94 bits per heavy atom. The van der Waals surface area contributed by atoms with Gasteiger partial charge in [0.15, 0.2) is 11.0 Å². The molecule has 0 radical (unpaired) electrons. The Kier molecular flexibility index (Phi) is 3.07. The van der Waals surface area contributed by atoms with E-state index in [0.29, 0.717) is 13.1 Å². The van der Waals surface area contributed by atoms with E-state index in [1.807, 2.05) is 0 Å². The van der Waals surface area contributed by atoms with Gasteiger partial charge < -0.3 is 9.64 Å². The topological polar surface area (TPSA) is 42.4 Å². The van der Waals surface area contributed by atoms with Crippen molar-refractivity contribution in [2.75, 3.05) is 20.2 Å². The molecule has 2 heterocycles. The van der Waals surface area contributed by atoms with Crippen LogP contribution < -0.4 is 0 Å². The van der Waals surface area contributed by atoms with Crippen molar-refractivity contribution in [3.63, 3.8) is 0 Å². The fourth-order valence-corrected chi connectivity index (χ4v) is 1.58. The van der Waals surface area contributed by atoms with E-state index >= 15 is 0 Å². The van der Waals surface area contributed by atoms with Gasteiger partial charge in [0.2, 0.25) is 0 Å². The number of hydrogen-bond donors (Lipinski definition) is 0. The Morgan fingerprint density at radius 2 is 2.38 bits per heavy atom. The first kappa shape index (κ1) is 11.3. The third-order valence-corrected chi connectivity index (χ3v) is 2.79. The lowest BCUT2D eigenvalue weighted by atomic mass is 10.1. The molecule has 16 heavy (non-hydrogen) atoms. The Balaban J connectivity index is 2.07. The molecule has 1 aromatic heterocycles. The second-order valence-electron chi connectivity index (χ2n) is 3.56. The minimum absolute atomic E-state index is 0.0778. The molecule has 86 valence electrons. The first-order valence-corrected chi connectivity index (χ1v) is 5.12. The third-order valence-electron chi connectivity index (χ3n) is 2.51. The molecule has 1 saturated heterocycles. The second-order valence-corrected chi connectivity index (χ2v) is 3.92. The first-order chi connectivity index (χ1) is 7.61. The number of rotatable bonds is 2. The highest BCUT2D eigenvalue weighted by molar-refractivity contribution is 6.29. The fourth-order valence-electron chi connectivity index (χ4n) is 1.47. The zero-order valence-corrected chi connectivity index (χ0v) is 9.37. The molecule has 2 rings (SSSR count). The average Bonchev–Trinajstić information content (AvgIpc) is 2.20. The van der Waals surface area contributed by atoms with Gasteiger partial charge in [0.05, 0.1) is 11.7 Å². The van der Waals surface area contributed by atoms with Crippen LogP contribution in [0.4, 0.5) is 4.39 Å². The SMILES string of the molecule is COC1CN(C(=O)c2cnc(Cl)c(F)c2)C1. The Morgan fingerprint density at radius 1 is 1.69 bits per heavy atom. The summed E-state index contributed by atoms with van der Waals surface area (Å²) in [6.07, 6.45) is 1.35. The van der Waals surface area contributed by atoms with E-state index in [0.717, 1.165) is 6.07 Å². The highest BCUT2D eigenvalue weighted by Crippen LogP contribution is 2.17. The molecule has 0 saturated carbocycles. The van der Waals surface area contributed by atoms with Crippen LogP contribution in [0.3, 0.4) is 0 Å². The lowest BCUT2D eigenvalue weighted by molar-refractivity contribution is -0.0192. The Bertz CT molecular complexity index is 421. The maximum absolute atomic E-state index is 13.1. The predicted molar refractivity (Wildman–Crippen MR) is 55.9 cm³/mol. The summed E-state index contributed by atoms with van der Waals surface area (Å²) in [5.74, 6) is -0.937. The minimum Gasteiger partial charge on any atom is -0.378 e. The molecule has 1 aromatic rings. The summed E-state index contributed by atoms with van der Waals surface area (Å²) in [4.78, 5) is 16.9. The molecule has 6 heteroatoms. The zero-order chi connectivity index (χ0) is 11.7. The molecule has 1 fully saturated rings. The highest BCUT2D eigenvalue weighted by atomic mass is 35.5. The van der Waals surface area contributed by atoms with Gasteiger partial charge in [-0.25, -0.2) is 9.37 Å². The van der Waals surface area contributed by atoms with E-state index in [9.17, 15) is 9.18 Å². The summed E-state index contributed by atoms with van der Waals surface area (Å²) in [5, 5.41) is -0.227. The lowest BCUT2D eigenvalue weighted by Gasteiger charge is -2.38. The van der Waals surface area contributed by atoms with E-state index in [4.69, 9.17) is 16.3 Å². The third kappa shape index (κ3) is 2.01. The molecule has 1 aliphatic rings. The van der Waals surface area contributed by atoms with Crippen molar-refractivity contribution in [2.24, 2.45) is 0 Å². The first-order valence-electron chi connectivity index (χ1n) is 4.75.